The zero-order chi connectivity index (χ0) is 12.3. The number of nitrogens with one attached hydrogen (secondary N) is 1. The van der Waals surface area contributed by atoms with Gasteiger partial charge in [-0.05, 0) is 43.2 Å². The van der Waals surface area contributed by atoms with Crippen LogP contribution in [0, 0.1) is 19.7 Å². The molecule has 0 spiro atoms. The van der Waals surface area contributed by atoms with Crippen molar-refractivity contribution in [2.75, 3.05) is 0 Å². The van der Waals surface area contributed by atoms with E-state index in [-0.39, 0.29) is 5.82 Å². The third-order valence-corrected chi connectivity index (χ3v) is 3.89. The molecule has 0 fully saturated rings. The first kappa shape index (κ1) is 12.3. The monoisotopic (exact) mass is 249 g/mol. The fourth-order valence-electron chi connectivity index (χ4n) is 1.71. The molecule has 1 aromatic heterocycles. The standard InChI is InChI=1S/C14H16FNS/c1-10-6-14(17-11(10)2)9-16-8-12-4-3-5-13(15)7-12/h3-7,16H,8-9H2,1-2H3. The first-order valence-electron chi connectivity index (χ1n) is 5.66. The molecule has 3 heteroatoms. The van der Waals surface area contributed by atoms with Crippen molar-refractivity contribution >= 4 is 11.3 Å². The second kappa shape index (κ2) is 5.43. The normalized spacial score (nSPS) is 10.8. The lowest BCUT2D eigenvalue weighted by molar-refractivity contribution is 0.620. The Morgan fingerprint density at radius 2 is 2.00 bits per heavy atom. The van der Waals surface area contributed by atoms with E-state index in [0.717, 1.165) is 12.1 Å². The quantitative estimate of drug-likeness (QED) is 0.869. The minimum atomic E-state index is -0.174. The minimum Gasteiger partial charge on any atom is -0.308 e. The molecule has 0 saturated carbocycles. The van der Waals surface area contributed by atoms with E-state index in [1.54, 1.807) is 12.1 Å². The van der Waals surface area contributed by atoms with Gasteiger partial charge in [-0.1, -0.05) is 12.1 Å². The molecular formula is C14H16FNS. The number of hydrogen-bond donors (Lipinski definition) is 1. The first-order valence-corrected chi connectivity index (χ1v) is 6.48. The van der Waals surface area contributed by atoms with Gasteiger partial charge in [0.15, 0.2) is 0 Å². The van der Waals surface area contributed by atoms with Crippen LogP contribution in [0.5, 0.6) is 0 Å². The van der Waals surface area contributed by atoms with Crippen LogP contribution in [0.4, 0.5) is 4.39 Å². The fraction of sp³-hybridized carbons (Fsp3) is 0.286. The van der Waals surface area contributed by atoms with Crippen LogP contribution < -0.4 is 5.32 Å². The molecule has 1 nitrogen and oxygen atoms in total. The summed E-state index contributed by atoms with van der Waals surface area (Å²) in [6.07, 6.45) is 0. The van der Waals surface area contributed by atoms with Gasteiger partial charge in [0, 0.05) is 22.8 Å². The molecule has 0 aliphatic carbocycles. The molecule has 0 aliphatic heterocycles. The Morgan fingerprint density at radius 3 is 2.65 bits per heavy atom. The molecule has 0 unspecified atom stereocenters. The van der Waals surface area contributed by atoms with E-state index >= 15 is 0 Å². The molecule has 0 bridgehead atoms. The van der Waals surface area contributed by atoms with Gasteiger partial charge in [-0.2, -0.15) is 0 Å². The molecule has 1 aromatic carbocycles. The zero-order valence-electron chi connectivity index (χ0n) is 10.1. The van der Waals surface area contributed by atoms with Crippen molar-refractivity contribution in [3.63, 3.8) is 0 Å². The van der Waals surface area contributed by atoms with E-state index in [2.05, 4.69) is 25.2 Å². The van der Waals surface area contributed by atoms with Crippen molar-refractivity contribution in [1.82, 2.24) is 5.32 Å². The number of thiophene rings is 1. The van der Waals surface area contributed by atoms with Crippen molar-refractivity contribution in [3.8, 4) is 0 Å². The molecule has 2 aromatic rings. The minimum absolute atomic E-state index is 0.174. The van der Waals surface area contributed by atoms with Crippen LogP contribution in [-0.4, -0.2) is 0 Å². The van der Waals surface area contributed by atoms with Crippen molar-refractivity contribution in [3.05, 3.63) is 57.0 Å². The maximum absolute atomic E-state index is 12.9. The van der Waals surface area contributed by atoms with Gasteiger partial charge >= 0.3 is 0 Å². The molecule has 1 heterocycles. The second-order valence-corrected chi connectivity index (χ2v) is 5.53. The Bertz CT molecular complexity index is 485. The van der Waals surface area contributed by atoms with Gasteiger partial charge in [-0.3, -0.25) is 0 Å². The number of aryl methyl sites for hydroxylation is 2. The largest absolute Gasteiger partial charge is 0.308 e. The molecule has 0 aliphatic rings. The lowest BCUT2D eigenvalue weighted by atomic mass is 10.2. The molecule has 1 N–H and O–H groups in total. The third kappa shape index (κ3) is 3.38. The summed E-state index contributed by atoms with van der Waals surface area (Å²) in [7, 11) is 0. The Labute approximate surface area is 105 Å². The van der Waals surface area contributed by atoms with Gasteiger partial charge in [-0.15, -0.1) is 11.3 Å². The molecule has 90 valence electrons. The van der Waals surface area contributed by atoms with Crippen LogP contribution in [-0.2, 0) is 13.1 Å². The highest BCUT2D eigenvalue weighted by Crippen LogP contribution is 2.20. The van der Waals surface area contributed by atoms with Crippen molar-refractivity contribution in [2.45, 2.75) is 26.9 Å². The highest BCUT2D eigenvalue weighted by Gasteiger charge is 2.01. The van der Waals surface area contributed by atoms with Crippen molar-refractivity contribution in [1.29, 1.82) is 0 Å². The van der Waals surface area contributed by atoms with E-state index in [1.807, 2.05) is 17.4 Å². The maximum Gasteiger partial charge on any atom is 0.123 e. The maximum atomic E-state index is 12.9. The predicted octanol–water partition coefficient (Wildman–Crippen LogP) is 3.79. The van der Waals surface area contributed by atoms with Crippen molar-refractivity contribution in [2.24, 2.45) is 0 Å². The van der Waals surface area contributed by atoms with Gasteiger partial charge in [0.1, 0.15) is 5.82 Å². The summed E-state index contributed by atoms with van der Waals surface area (Å²) < 4.78 is 12.9. The van der Waals surface area contributed by atoms with Crippen LogP contribution in [0.1, 0.15) is 20.9 Å². The molecule has 17 heavy (non-hydrogen) atoms. The number of benzene rings is 1. The van der Waals surface area contributed by atoms with Crippen LogP contribution in [0.3, 0.4) is 0 Å². The smallest absolute Gasteiger partial charge is 0.123 e. The predicted molar refractivity (Wildman–Crippen MR) is 70.7 cm³/mol. The fourth-order valence-corrected chi connectivity index (χ4v) is 2.74. The molecule has 0 atom stereocenters. The Balaban J connectivity index is 1.87. The van der Waals surface area contributed by atoms with Gasteiger partial charge in [-0.25, -0.2) is 4.39 Å². The number of halogens is 1. The second-order valence-electron chi connectivity index (χ2n) is 4.19. The highest BCUT2D eigenvalue weighted by atomic mass is 32.1. The summed E-state index contributed by atoms with van der Waals surface area (Å²) in [4.78, 5) is 2.70. The summed E-state index contributed by atoms with van der Waals surface area (Å²) in [5.74, 6) is -0.174. The van der Waals surface area contributed by atoms with Crippen molar-refractivity contribution < 1.29 is 4.39 Å². The Hall–Kier alpha value is -1.19. The average Bonchev–Trinajstić information content (AvgIpc) is 2.58. The molecule has 0 radical (unpaired) electrons. The molecule has 0 saturated heterocycles. The number of hydrogen-bond acceptors (Lipinski definition) is 2. The zero-order valence-corrected chi connectivity index (χ0v) is 10.9. The number of rotatable bonds is 4. The summed E-state index contributed by atoms with van der Waals surface area (Å²) >= 11 is 1.82. The van der Waals surface area contributed by atoms with E-state index in [0.29, 0.717) is 6.54 Å². The van der Waals surface area contributed by atoms with E-state index < -0.39 is 0 Å². The highest BCUT2D eigenvalue weighted by molar-refractivity contribution is 7.12. The van der Waals surface area contributed by atoms with E-state index in [4.69, 9.17) is 0 Å². The molecular weight excluding hydrogens is 233 g/mol. The molecule has 2 rings (SSSR count). The molecule has 0 amide bonds. The lowest BCUT2D eigenvalue weighted by Crippen LogP contribution is -2.11. The van der Waals surface area contributed by atoms with Gasteiger partial charge in [0.05, 0.1) is 0 Å². The Kier molecular flexibility index (Phi) is 3.92. The SMILES string of the molecule is Cc1cc(CNCc2cccc(F)c2)sc1C. The van der Waals surface area contributed by atoms with Gasteiger partial charge in [0.2, 0.25) is 0 Å². The third-order valence-electron chi connectivity index (χ3n) is 2.73. The van der Waals surface area contributed by atoms with Gasteiger partial charge in [0.25, 0.3) is 0 Å². The van der Waals surface area contributed by atoms with Crippen LogP contribution in [0.15, 0.2) is 30.3 Å². The topological polar surface area (TPSA) is 12.0 Å². The van der Waals surface area contributed by atoms with Crippen LogP contribution >= 0.6 is 11.3 Å². The summed E-state index contributed by atoms with van der Waals surface area (Å²) in [5, 5.41) is 3.33. The first-order chi connectivity index (χ1) is 8.15. The lowest BCUT2D eigenvalue weighted by Gasteiger charge is -2.03. The van der Waals surface area contributed by atoms with E-state index in [1.165, 1.54) is 21.4 Å². The summed E-state index contributed by atoms with van der Waals surface area (Å²) in [6, 6.07) is 8.92. The van der Waals surface area contributed by atoms with Crippen LogP contribution in [0.25, 0.3) is 0 Å². The van der Waals surface area contributed by atoms with E-state index in [9.17, 15) is 4.39 Å². The summed E-state index contributed by atoms with van der Waals surface area (Å²) in [6.45, 7) is 5.81. The van der Waals surface area contributed by atoms with Gasteiger partial charge < -0.3 is 5.32 Å². The average molecular weight is 249 g/mol. The van der Waals surface area contributed by atoms with Crippen LogP contribution in [0.2, 0.25) is 0 Å². The summed E-state index contributed by atoms with van der Waals surface area (Å²) in [5.41, 5.74) is 2.33. The Morgan fingerprint density at radius 1 is 1.18 bits per heavy atom.